The van der Waals surface area contributed by atoms with Gasteiger partial charge in [0.1, 0.15) is 0 Å². The Labute approximate surface area is 101 Å². The van der Waals surface area contributed by atoms with Gasteiger partial charge in [-0.25, -0.2) is 0 Å². The Morgan fingerprint density at radius 1 is 1.47 bits per heavy atom. The van der Waals surface area contributed by atoms with E-state index in [9.17, 15) is 0 Å². The van der Waals surface area contributed by atoms with Crippen LogP contribution in [-0.2, 0) is 6.54 Å². The van der Waals surface area contributed by atoms with Crippen molar-refractivity contribution < 1.29 is 4.52 Å². The molecule has 1 aliphatic rings. The number of guanidine groups is 1. The van der Waals surface area contributed by atoms with Gasteiger partial charge in [0.05, 0.1) is 6.54 Å². The van der Waals surface area contributed by atoms with E-state index in [1.165, 1.54) is 25.7 Å². The van der Waals surface area contributed by atoms with Gasteiger partial charge in [-0.2, -0.15) is 4.98 Å². The smallest absolute Gasteiger partial charge is 0.223 e. The fraction of sp³-hybridized carbons (Fsp3) is 0.727. The SMILES string of the molecule is CN=C(NCc1noc(C)n1)NC1CCCC1. The van der Waals surface area contributed by atoms with Crippen LogP contribution in [-0.4, -0.2) is 29.2 Å². The molecular formula is C11H19N5O. The summed E-state index contributed by atoms with van der Waals surface area (Å²) in [6.07, 6.45) is 5.06. The minimum absolute atomic E-state index is 0.531. The molecule has 1 saturated carbocycles. The molecule has 0 spiro atoms. The van der Waals surface area contributed by atoms with E-state index in [0.29, 0.717) is 24.3 Å². The van der Waals surface area contributed by atoms with Crippen molar-refractivity contribution in [3.8, 4) is 0 Å². The van der Waals surface area contributed by atoms with Crippen LogP contribution in [0, 0.1) is 6.92 Å². The highest BCUT2D eigenvalue weighted by Gasteiger charge is 2.15. The summed E-state index contributed by atoms with van der Waals surface area (Å²) in [5, 5.41) is 10.4. The van der Waals surface area contributed by atoms with Crippen LogP contribution in [0.25, 0.3) is 0 Å². The zero-order chi connectivity index (χ0) is 12.1. The average molecular weight is 237 g/mol. The van der Waals surface area contributed by atoms with Crippen molar-refractivity contribution in [2.75, 3.05) is 7.05 Å². The summed E-state index contributed by atoms with van der Waals surface area (Å²) in [5.41, 5.74) is 0. The first kappa shape index (κ1) is 11.9. The molecule has 1 aromatic rings. The van der Waals surface area contributed by atoms with Crippen molar-refractivity contribution in [3.05, 3.63) is 11.7 Å². The van der Waals surface area contributed by atoms with Crippen LogP contribution < -0.4 is 10.6 Å². The van der Waals surface area contributed by atoms with E-state index in [4.69, 9.17) is 4.52 Å². The summed E-state index contributed by atoms with van der Waals surface area (Å²) in [5.74, 6) is 2.04. The van der Waals surface area contributed by atoms with Gasteiger partial charge in [-0.3, -0.25) is 4.99 Å². The van der Waals surface area contributed by atoms with Gasteiger partial charge in [0.25, 0.3) is 0 Å². The first-order chi connectivity index (χ1) is 8.28. The predicted octanol–water partition coefficient (Wildman–Crippen LogP) is 0.986. The Kier molecular flexibility index (Phi) is 3.95. The topological polar surface area (TPSA) is 75.3 Å². The van der Waals surface area contributed by atoms with E-state index in [1.54, 1.807) is 14.0 Å². The van der Waals surface area contributed by atoms with Crippen molar-refractivity contribution in [3.63, 3.8) is 0 Å². The normalized spacial score (nSPS) is 17.4. The molecule has 0 unspecified atom stereocenters. The number of aliphatic imine (C=N–C) groups is 1. The van der Waals surface area contributed by atoms with Gasteiger partial charge in [-0.05, 0) is 12.8 Å². The van der Waals surface area contributed by atoms with E-state index in [1.807, 2.05) is 0 Å². The van der Waals surface area contributed by atoms with Crippen LogP contribution in [0.5, 0.6) is 0 Å². The van der Waals surface area contributed by atoms with Crippen LogP contribution in [0.2, 0.25) is 0 Å². The quantitative estimate of drug-likeness (QED) is 0.605. The summed E-state index contributed by atoms with van der Waals surface area (Å²) >= 11 is 0. The maximum absolute atomic E-state index is 4.90. The molecule has 0 bridgehead atoms. The number of rotatable bonds is 3. The first-order valence-corrected chi connectivity index (χ1v) is 6.04. The molecule has 2 rings (SSSR count). The van der Waals surface area contributed by atoms with Crippen molar-refractivity contribution in [1.82, 2.24) is 20.8 Å². The molecule has 94 valence electrons. The minimum Gasteiger partial charge on any atom is -0.354 e. The zero-order valence-electron chi connectivity index (χ0n) is 10.4. The minimum atomic E-state index is 0.531. The van der Waals surface area contributed by atoms with Gasteiger partial charge in [-0.1, -0.05) is 18.0 Å². The monoisotopic (exact) mass is 237 g/mol. The second-order valence-electron chi connectivity index (χ2n) is 4.28. The second kappa shape index (κ2) is 5.65. The van der Waals surface area contributed by atoms with Crippen LogP contribution in [0.1, 0.15) is 37.4 Å². The highest BCUT2D eigenvalue weighted by Crippen LogP contribution is 2.17. The van der Waals surface area contributed by atoms with Crippen LogP contribution in [0.3, 0.4) is 0 Å². The molecule has 1 heterocycles. The van der Waals surface area contributed by atoms with E-state index >= 15 is 0 Å². The maximum Gasteiger partial charge on any atom is 0.223 e. The molecule has 6 heteroatoms. The molecule has 1 fully saturated rings. The fourth-order valence-corrected chi connectivity index (χ4v) is 2.03. The molecule has 0 amide bonds. The summed E-state index contributed by atoms with van der Waals surface area (Å²) < 4.78 is 4.90. The van der Waals surface area contributed by atoms with Crippen LogP contribution >= 0.6 is 0 Å². The van der Waals surface area contributed by atoms with Gasteiger partial charge < -0.3 is 15.2 Å². The lowest BCUT2D eigenvalue weighted by molar-refractivity contribution is 0.386. The molecule has 1 aromatic heterocycles. The van der Waals surface area contributed by atoms with Gasteiger partial charge in [0.15, 0.2) is 11.8 Å². The number of aromatic nitrogens is 2. The zero-order valence-corrected chi connectivity index (χ0v) is 10.4. The number of aryl methyl sites for hydroxylation is 1. The Morgan fingerprint density at radius 3 is 2.82 bits per heavy atom. The summed E-state index contributed by atoms with van der Waals surface area (Å²) in [7, 11) is 1.77. The lowest BCUT2D eigenvalue weighted by Gasteiger charge is -2.15. The molecular weight excluding hydrogens is 218 g/mol. The molecule has 1 aliphatic carbocycles. The first-order valence-electron chi connectivity index (χ1n) is 6.04. The van der Waals surface area contributed by atoms with Crippen LogP contribution in [0.4, 0.5) is 0 Å². The third kappa shape index (κ3) is 3.44. The standard InChI is InChI=1S/C11H19N5O/c1-8-14-10(16-17-8)7-13-11(12-2)15-9-5-3-4-6-9/h9H,3-7H2,1-2H3,(H2,12,13,15). The fourth-order valence-electron chi connectivity index (χ4n) is 2.03. The third-order valence-electron chi connectivity index (χ3n) is 2.90. The van der Waals surface area contributed by atoms with Gasteiger partial charge >= 0.3 is 0 Å². The van der Waals surface area contributed by atoms with E-state index in [-0.39, 0.29) is 0 Å². The summed E-state index contributed by atoms with van der Waals surface area (Å²) in [4.78, 5) is 8.31. The van der Waals surface area contributed by atoms with E-state index in [0.717, 1.165) is 5.96 Å². The van der Waals surface area contributed by atoms with Gasteiger partial charge in [-0.15, -0.1) is 0 Å². The average Bonchev–Trinajstić information content (AvgIpc) is 2.96. The predicted molar refractivity (Wildman–Crippen MR) is 64.6 cm³/mol. The van der Waals surface area contributed by atoms with Crippen molar-refractivity contribution >= 4 is 5.96 Å². The van der Waals surface area contributed by atoms with E-state index < -0.39 is 0 Å². The molecule has 6 nitrogen and oxygen atoms in total. The Balaban J connectivity index is 1.79. The highest BCUT2D eigenvalue weighted by molar-refractivity contribution is 5.79. The number of hydrogen-bond donors (Lipinski definition) is 2. The van der Waals surface area contributed by atoms with Crippen molar-refractivity contribution in [2.45, 2.75) is 45.2 Å². The largest absolute Gasteiger partial charge is 0.354 e. The Morgan fingerprint density at radius 2 is 2.24 bits per heavy atom. The molecule has 2 N–H and O–H groups in total. The Hall–Kier alpha value is -1.59. The number of hydrogen-bond acceptors (Lipinski definition) is 4. The number of nitrogens with one attached hydrogen (secondary N) is 2. The molecule has 0 atom stereocenters. The summed E-state index contributed by atoms with van der Waals surface area (Å²) in [6, 6.07) is 0.549. The van der Waals surface area contributed by atoms with Crippen LogP contribution in [0.15, 0.2) is 9.52 Å². The molecule has 0 saturated heterocycles. The molecule has 0 radical (unpaired) electrons. The maximum atomic E-state index is 4.90. The lowest BCUT2D eigenvalue weighted by Crippen LogP contribution is -2.42. The Bertz CT molecular complexity index is 381. The summed E-state index contributed by atoms with van der Waals surface area (Å²) in [6.45, 7) is 2.31. The third-order valence-corrected chi connectivity index (χ3v) is 2.90. The van der Waals surface area contributed by atoms with Crippen molar-refractivity contribution in [1.29, 1.82) is 0 Å². The number of nitrogens with zero attached hydrogens (tertiary/aromatic N) is 3. The van der Waals surface area contributed by atoms with Crippen molar-refractivity contribution in [2.24, 2.45) is 4.99 Å². The van der Waals surface area contributed by atoms with E-state index in [2.05, 4.69) is 25.8 Å². The molecule has 0 aliphatic heterocycles. The molecule has 0 aromatic carbocycles. The molecule has 17 heavy (non-hydrogen) atoms. The lowest BCUT2D eigenvalue weighted by atomic mass is 10.2. The second-order valence-corrected chi connectivity index (χ2v) is 4.28. The van der Waals surface area contributed by atoms with Gasteiger partial charge in [0, 0.05) is 20.0 Å². The van der Waals surface area contributed by atoms with Gasteiger partial charge in [0.2, 0.25) is 5.89 Å². The highest BCUT2D eigenvalue weighted by atomic mass is 16.5.